The van der Waals surface area contributed by atoms with Crippen molar-refractivity contribution in [3.8, 4) is 18.1 Å². The number of ether oxygens (including phenoxy) is 1. The van der Waals surface area contributed by atoms with Crippen molar-refractivity contribution < 1.29 is 14.6 Å². The Morgan fingerprint density at radius 1 is 1.23 bits per heavy atom. The van der Waals surface area contributed by atoms with Crippen LogP contribution in [0.15, 0.2) is 73.4 Å². The lowest BCUT2D eigenvalue weighted by molar-refractivity contribution is -0.136. The summed E-state index contributed by atoms with van der Waals surface area (Å²) in [7, 11) is 0. The van der Waals surface area contributed by atoms with E-state index in [0.29, 0.717) is 13.0 Å². The van der Waals surface area contributed by atoms with E-state index in [2.05, 4.69) is 25.5 Å². The third-order valence-corrected chi connectivity index (χ3v) is 2.73. The molecule has 0 fully saturated rings. The van der Waals surface area contributed by atoms with Crippen LogP contribution >= 0.6 is 0 Å². The number of carboxylic acids is 1. The molecule has 1 rings (SSSR count). The molecule has 0 bridgehead atoms. The lowest BCUT2D eigenvalue weighted by atomic mass is 10.1. The summed E-state index contributed by atoms with van der Waals surface area (Å²) in [5.41, 5.74) is 1.97. The number of carboxylic acid groups (broad SMARTS) is 1. The molecule has 0 aliphatic heterocycles. The van der Waals surface area contributed by atoms with Crippen molar-refractivity contribution in [2.24, 2.45) is 0 Å². The predicted molar refractivity (Wildman–Crippen MR) is 111 cm³/mol. The summed E-state index contributed by atoms with van der Waals surface area (Å²) >= 11 is 0. The highest BCUT2D eigenvalue weighted by Crippen LogP contribution is 2.14. The van der Waals surface area contributed by atoms with Crippen molar-refractivity contribution in [2.45, 2.75) is 33.6 Å². The van der Waals surface area contributed by atoms with Crippen LogP contribution in [0.4, 0.5) is 0 Å². The molecule has 0 aliphatic rings. The monoisotopic (exact) mass is 354 g/mol. The molecule has 26 heavy (non-hydrogen) atoms. The number of aryl methyl sites for hydroxylation is 1. The summed E-state index contributed by atoms with van der Waals surface area (Å²) in [6, 6.07) is 7.46. The van der Waals surface area contributed by atoms with E-state index in [1.54, 1.807) is 19.1 Å². The van der Waals surface area contributed by atoms with Gasteiger partial charge >= 0.3 is 5.97 Å². The van der Waals surface area contributed by atoms with Gasteiger partial charge in [0.2, 0.25) is 0 Å². The molecule has 140 valence electrons. The van der Waals surface area contributed by atoms with Crippen LogP contribution in [0.5, 0.6) is 5.75 Å². The zero-order valence-electron chi connectivity index (χ0n) is 16.1. The highest BCUT2D eigenvalue weighted by molar-refractivity contribution is 5.67. The molecule has 1 aromatic rings. The summed E-state index contributed by atoms with van der Waals surface area (Å²) in [4.78, 5) is 10.5. The summed E-state index contributed by atoms with van der Waals surface area (Å²) in [6.45, 7) is 13.4. The first-order chi connectivity index (χ1) is 12.6. The Morgan fingerprint density at radius 2 is 1.81 bits per heavy atom. The van der Waals surface area contributed by atoms with E-state index in [9.17, 15) is 4.79 Å². The van der Waals surface area contributed by atoms with Crippen LogP contribution in [-0.2, 0) is 11.2 Å². The second-order valence-electron chi connectivity index (χ2n) is 4.69. The van der Waals surface area contributed by atoms with Gasteiger partial charge in [0.1, 0.15) is 12.4 Å². The van der Waals surface area contributed by atoms with Gasteiger partial charge in [-0.05, 0) is 36.6 Å². The predicted octanol–water partition coefficient (Wildman–Crippen LogP) is 5.60. The van der Waals surface area contributed by atoms with E-state index in [4.69, 9.17) is 9.84 Å². The molecule has 0 amide bonds. The second-order valence-corrected chi connectivity index (χ2v) is 4.69. The summed E-state index contributed by atoms with van der Waals surface area (Å²) in [5.74, 6) is 2.21. The third kappa shape index (κ3) is 14.6. The Balaban J connectivity index is 0. The fraction of sp³-hybridized carbons (Fsp3) is 0.261. The number of aliphatic carboxylic acids is 1. The molecular weight excluding hydrogens is 324 g/mol. The normalized spacial score (nSPS) is 9.69. The minimum atomic E-state index is -0.788. The molecular formula is C23H30O3. The topological polar surface area (TPSA) is 46.5 Å². The Bertz CT molecular complexity index is 614. The zero-order valence-corrected chi connectivity index (χ0v) is 16.1. The molecule has 0 saturated heterocycles. The van der Waals surface area contributed by atoms with Gasteiger partial charge in [-0.2, -0.15) is 0 Å². The maximum absolute atomic E-state index is 10.5. The molecule has 0 aliphatic carbocycles. The van der Waals surface area contributed by atoms with Crippen molar-refractivity contribution in [2.75, 3.05) is 6.61 Å². The molecule has 1 aromatic carbocycles. The molecule has 1 N–H and O–H groups in total. The van der Waals surface area contributed by atoms with Gasteiger partial charge in [0.15, 0.2) is 0 Å². The highest BCUT2D eigenvalue weighted by atomic mass is 16.5. The van der Waals surface area contributed by atoms with Crippen LogP contribution in [0.1, 0.15) is 32.8 Å². The molecule has 3 nitrogen and oxygen atoms in total. The average molecular weight is 354 g/mol. The first-order valence-electron chi connectivity index (χ1n) is 8.49. The summed E-state index contributed by atoms with van der Waals surface area (Å²) < 4.78 is 5.68. The van der Waals surface area contributed by atoms with Gasteiger partial charge < -0.3 is 9.84 Å². The fourth-order valence-electron chi connectivity index (χ4n) is 1.67. The van der Waals surface area contributed by atoms with Crippen molar-refractivity contribution in [1.29, 1.82) is 0 Å². The van der Waals surface area contributed by atoms with E-state index >= 15 is 0 Å². The SMILES string of the molecule is C#CC.C=C/C=C\C(=C/C=C)COc1ccc(CCC(=O)O)cc1.CC. The third-order valence-electron chi connectivity index (χ3n) is 2.73. The quantitative estimate of drug-likeness (QED) is 0.463. The lowest BCUT2D eigenvalue weighted by Gasteiger charge is -2.07. The number of benzene rings is 1. The summed E-state index contributed by atoms with van der Waals surface area (Å²) in [6.07, 6.45) is 14.3. The summed E-state index contributed by atoms with van der Waals surface area (Å²) in [5, 5.41) is 8.64. The van der Waals surface area contributed by atoms with Crippen molar-refractivity contribution in [3.63, 3.8) is 0 Å². The van der Waals surface area contributed by atoms with Gasteiger partial charge in [0, 0.05) is 6.42 Å². The van der Waals surface area contributed by atoms with E-state index in [1.807, 2.05) is 56.3 Å². The van der Waals surface area contributed by atoms with Crippen LogP contribution in [-0.4, -0.2) is 17.7 Å². The van der Waals surface area contributed by atoms with E-state index < -0.39 is 5.97 Å². The molecule has 3 heteroatoms. The Labute approximate surface area is 158 Å². The largest absolute Gasteiger partial charge is 0.489 e. The van der Waals surface area contributed by atoms with Crippen LogP contribution in [0.3, 0.4) is 0 Å². The Kier molecular flexibility index (Phi) is 17.8. The molecule has 0 spiro atoms. The van der Waals surface area contributed by atoms with Crippen LogP contribution in [0.25, 0.3) is 0 Å². The van der Waals surface area contributed by atoms with Crippen molar-refractivity contribution in [1.82, 2.24) is 0 Å². The molecule has 0 saturated carbocycles. The van der Waals surface area contributed by atoms with Crippen LogP contribution in [0, 0.1) is 12.3 Å². The van der Waals surface area contributed by atoms with Gasteiger partial charge in [-0.1, -0.05) is 69.5 Å². The molecule has 0 radical (unpaired) electrons. The minimum Gasteiger partial charge on any atom is -0.489 e. The fourth-order valence-corrected chi connectivity index (χ4v) is 1.67. The van der Waals surface area contributed by atoms with Gasteiger partial charge in [-0.15, -0.1) is 12.3 Å². The first-order valence-corrected chi connectivity index (χ1v) is 8.49. The molecule has 0 aromatic heterocycles. The number of hydrogen-bond donors (Lipinski definition) is 1. The maximum atomic E-state index is 10.5. The molecule has 0 unspecified atom stereocenters. The Morgan fingerprint density at radius 3 is 2.27 bits per heavy atom. The second kappa shape index (κ2) is 18.4. The zero-order chi connectivity index (χ0) is 20.2. The smallest absolute Gasteiger partial charge is 0.303 e. The number of rotatable bonds is 9. The average Bonchev–Trinajstić information content (AvgIpc) is 2.65. The van der Waals surface area contributed by atoms with E-state index in [-0.39, 0.29) is 6.42 Å². The molecule has 0 atom stereocenters. The number of carbonyl (C=O) groups is 1. The van der Waals surface area contributed by atoms with Gasteiger partial charge in [-0.25, -0.2) is 0 Å². The lowest BCUT2D eigenvalue weighted by Crippen LogP contribution is -2.00. The number of terminal acetylenes is 1. The standard InChI is InChI=1S/C18H20O3.C3H4.C2H6/c1-3-5-7-16(6-4-2)14-21-17-11-8-15(9-12-17)10-13-18(19)20;1-3-2;1-2/h3-9,11-12H,1-2,10,13-14H2,(H,19,20);1H,2H3;1-2H3/b7-5-,16-6+;;. The maximum Gasteiger partial charge on any atom is 0.303 e. The number of hydrogen-bond acceptors (Lipinski definition) is 2. The Hall–Kier alpha value is -2.99. The van der Waals surface area contributed by atoms with Crippen molar-refractivity contribution >= 4 is 5.97 Å². The minimum absolute atomic E-state index is 0.138. The van der Waals surface area contributed by atoms with Crippen LogP contribution < -0.4 is 4.74 Å². The highest BCUT2D eigenvalue weighted by Gasteiger charge is 2.00. The van der Waals surface area contributed by atoms with E-state index in [0.717, 1.165) is 16.9 Å². The van der Waals surface area contributed by atoms with Gasteiger partial charge in [0.25, 0.3) is 0 Å². The van der Waals surface area contributed by atoms with Crippen LogP contribution in [0.2, 0.25) is 0 Å². The number of allylic oxidation sites excluding steroid dienone is 4. The van der Waals surface area contributed by atoms with Gasteiger partial charge in [-0.3, -0.25) is 4.79 Å². The molecule has 0 heterocycles. The first kappa shape index (κ1) is 25.3. The van der Waals surface area contributed by atoms with Crippen molar-refractivity contribution in [3.05, 3.63) is 78.9 Å². The van der Waals surface area contributed by atoms with Gasteiger partial charge in [0.05, 0.1) is 0 Å². The van der Waals surface area contributed by atoms with E-state index in [1.165, 1.54) is 0 Å².